The van der Waals surface area contributed by atoms with Crippen LogP contribution < -0.4 is 0 Å². The summed E-state index contributed by atoms with van der Waals surface area (Å²) in [5, 5.41) is 0.629. The molecule has 0 saturated heterocycles. The SMILES string of the molecule is C=[O+]C(=O)CCCCC(CCSCc1ccccc1)SCc1ccccc1. The first-order chi connectivity index (χ1) is 13.3. The van der Waals surface area contributed by atoms with Crippen LogP contribution in [0.3, 0.4) is 0 Å². The van der Waals surface area contributed by atoms with Gasteiger partial charge in [0, 0.05) is 21.6 Å². The lowest BCUT2D eigenvalue weighted by Gasteiger charge is -2.16. The molecule has 27 heavy (non-hydrogen) atoms. The molecule has 0 aliphatic heterocycles. The zero-order valence-corrected chi connectivity index (χ0v) is 17.5. The second kappa shape index (κ2) is 13.6. The third-order valence-electron chi connectivity index (χ3n) is 4.34. The van der Waals surface area contributed by atoms with E-state index in [9.17, 15) is 4.79 Å². The molecule has 0 bridgehead atoms. The average molecular weight is 402 g/mol. The highest BCUT2D eigenvalue weighted by Crippen LogP contribution is 2.27. The van der Waals surface area contributed by atoms with Gasteiger partial charge < -0.3 is 0 Å². The van der Waals surface area contributed by atoms with Gasteiger partial charge in [-0.05, 0) is 36.1 Å². The first-order valence-corrected chi connectivity index (χ1v) is 11.7. The maximum atomic E-state index is 11.2. The largest absolute Gasteiger partial charge is 0.579 e. The van der Waals surface area contributed by atoms with Crippen molar-refractivity contribution >= 4 is 36.3 Å². The molecule has 0 radical (unpaired) electrons. The maximum Gasteiger partial charge on any atom is 0.579 e. The number of carbonyl (C=O) groups is 1. The van der Waals surface area contributed by atoms with E-state index in [1.807, 2.05) is 23.5 Å². The minimum absolute atomic E-state index is 0.207. The Morgan fingerprint density at radius 1 is 0.889 bits per heavy atom. The first-order valence-electron chi connectivity index (χ1n) is 9.50. The molecule has 2 rings (SSSR count). The Labute approximate surface area is 171 Å². The number of hydrogen-bond donors (Lipinski definition) is 0. The highest BCUT2D eigenvalue weighted by molar-refractivity contribution is 7.99. The lowest BCUT2D eigenvalue weighted by molar-refractivity contribution is -0.369. The summed E-state index contributed by atoms with van der Waals surface area (Å²) in [4.78, 5) is 11.2. The molecule has 2 aromatic rings. The van der Waals surface area contributed by atoms with Crippen molar-refractivity contribution < 1.29 is 9.22 Å². The van der Waals surface area contributed by atoms with Crippen LogP contribution >= 0.6 is 23.5 Å². The van der Waals surface area contributed by atoms with Gasteiger partial charge in [-0.3, -0.25) is 4.42 Å². The number of benzene rings is 2. The predicted octanol–water partition coefficient (Wildman–Crippen LogP) is 6.06. The van der Waals surface area contributed by atoms with E-state index in [2.05, 4.69) is 71.9 Å². The molecule has 0 amide bonds. The molecule has 0 fully saturated rings. The van der Waals surface area contributed by atoms with E-state index in [0.717, 1.165) is 30.8 Å². The molecule has 0 N–H and O–H groups in total. The Morgan fingerprint density at radius 2 is 1.52 bits per heavy atom. The van der Waals surface area contributed by atoms with Crippen molar-refractivity contribution in [2.75, 3.05) is 5.75 Å². The summed E-state index contributed by atoms with van der Waals surface area (Å²) in [7, 11) is 0. The minimum atomic E-state index is -0.207. The van der Waals surface area contributed by atoms with Crippen molar-refractivity contribution in [2.24, 2.45) is 0 Å². The summed E-state index contributed by atoms with van der Waals surface area (Å²) < 4.78 is 4.49. The highest BCUT2D eigenvalue weighted by Gasteiger charge is 2.13. The fourth-order valence-corrected chi connectivity index (χ4v) is 5.20. The highest BCUT2D eigenvalue weighted by atomic mass is 32.2. The molecule has 144 valence electrons. The molecule has 0 aromatic heterocycles. The van der Waals surface area contributed by atoms with E-state index in [1.165, 1.54) is 23.3 Å². The molecular weight excluding hydrogens is 372 g/mol. The Balaban J connectivity index is 1.73. The fourth-order valence-electron chi connectivity index (χ4n) is 2.79. The van der Waals surface area contributed by atoms with Crippen molar-refractivity contribution in [2.45, 2.75) is 48.9 Å². The summed E-state index contributed by atoms with van der Waals surface area (Å²) in [5.41, 5.74) is 2.77. The summed E-state index contributed by atoms with van der Waals surface area (Å²) in [6.07, 6.45) is 4.77. The van der Waals surface area contributed by atoms with Gasteiger partial charge in [0.25, 0.3) is 0 Å². The van der Waals surface area contributed by atoms with Crippen LogP contribution in [-0.4, -0.2) is 23.8 Å². The van der Waals surface area contributed by atoms with Crippen LogP contribution in [0.2, 0.25) is 0 Å². The summed E-state index contributed by atoms with van der Waals surface area (Å²) >= 11 is 4.05. The molecule has 0 aliphatic carbocycles. The van der Waals surface area contributed by atoms with Crippen LogP contribution in [0.5, 0.6) is 0 Å². The predicted molar refractivity (Wildman–Crippen MR) is 119 cm³/mol. The van der Waals surface area contributed by atoms with Crippen molar-refractivity contribution in [3.8, 4) is 0 Å². The molecular formula is C23H29O2S2+. The minimum Gasteiger partial charge on any atom is -0.288 e. The molecule has 0 aliphatic rings. The molecule has 0 spiro atoms. The Morgan fingerprint density at radius 3 is 2.15 bits per heavy atom. The standard InChI is InChI=1S/C23H29O2S2/c1-25-23(24)15-9-8-14-22(27-19-21-12-6-3-7-13-21)16-17-26-18-20-10-4-2-5-11-20/h2-7,10-13,22H,1,8-9,14-19H2/q+1. The van der Waals surface area contributed by atoms with Crippen LogP contribution in [-0.2, 0) is 20.7 Å². The van der Waals surface area contributed by atoms with Crippen molar-refractivity contribution in [3.63, 3.8) is 0 Å². The van der Waals surface area contributed by atoms with Gasteiger partial charge in [0.2, 0.25) is 0 Å². The van der Waals surface area contributed by atoms with E-state index in [0.29, 0.717) is 11.7 Å². The Hall–Kier alpha value is -1.52. The van der Waals surface area contributed by atoms with Gasteiger partial charge in [-0.25, -0.2) is 0 Å². The van der Waals surface area contributed by atoms with Gasteiger partial charge in [0.15, 0.2) is 6.79 Å². The first kappa shape index (κ1) is 21.8. The van der Waals surface area contributed by atoms with Crippen molar-refractivity contribution in [1.29, 1.82) is 0 Å². The van der Waals surface area contributed by atoms with Crippen LogP contribution in [0.1, 0.15) is 43.2 Å². The number of unbranched alkanes of at least 4 members (excludes halogenated alkanes) is 1. The van der Waals surface area contributed by atoms with Gasteiger partial charge >= 0.3 is 5.97 Å². The second-order valence-corrected chi connectivity index (χ2v) is 8.90. The van der Waals surface area contributed by atoms with Crippen LogP contribution in [0.15, 0.2) is 60.7 Å². The molecule has 0 heterocycles. The molecule has 2 aromatic carbocycles. The topological polar surface area (TPSA) is 28.4 Å². The van der Waals surface area contributed by atoms with E-state index in [-0.39, 0.29) is 5.97 Å². The van der Waals surface area contributed by atoms with E-state index in [4.69, 9.17) is 0 Å². The molecule has 4 heteroatoms. The van der Waals surface area contributed by atoms with Gasteiger partial charge in [0.05, 0.1) is 0 Å². The zero-order chi connectivity index (χ0) is 19.2. The van der Waals surface area contributed by atoms with Gasteiger partial charge in [-0.15, -0.1) is 0 Å². The molecule has 1 atom stereocenters. The van der Waals surface area contributed by atoms with E-state index in [1.54, 1.807) is 0 Å². The van der Waals surface area contributed by atoms with Gasteiger partial charge in [-0.1, -0.05) is 67.1 Å². The molecule has 0 saturated carbocycles. The van der Waals surface area contributed by atoms with Crippen LogP contribution in [0, 0.1) is 0 Å². The van der Waals surface area contributed by atoms with Crippen LogP contribution in [0.25, 0.3) is 0 Å². The average Bonchev–Trinajstić information content (AvgIpc) is 2.73. The quantitative estimate of drug-likeness (QED) is 0.301. The normalized spacial score (nSPS) is 11.9. The number of carbonyl (C=O) groups excluding carboxylic acids is 2. The fraction of sp³-hybridized carbons (Fsp3) is 0.391. The number of rotatable bonds is 13. The van der Waals surface area contributed by atoms with Gasteiger partial charge in [0.1, 0.15) is 6.42 Å². The van der Waals surface area contributed by atoms with E-state index < -0.39 is 0 Å². The van der Waals surface area contributed by atoms with Gasteiger partial charge in [-0.2, -0.15) is 23.5 Å². The Kier molecular flexibility index (Phi) is 11.0. The Bertz CT molecular complexity index is 659. The number of hydrogen-bond acceptors (Lipinski definition) is 3. The summed E-state index contributed by atoms with van der Waals surface area (Å²) in [6, 6.07) is 21.3. The third-order valence-corrected chi connectivity index (χ3v) is 6.85. The third kappa shape index (κ3) is 9.83. The van der Waals surface area contributed by atoms with Crippen molar-refractivity contribution in [1.82, 2.24) is 0 Å². The smallest absolute Gasteiger partial charge is 0.288 e. The molecule has 1 unspecified atom stereocenters. The second-order valence-electron chi connectivity index (χ2n) is 6.51. The number of thioether (sulfide) groups is 2. The monoisotopic (exact) mass is 401 g/mol. The lowest BCUT2D eigenvalue weighted by Crippen LogP contribution is -2.06. The van der Waals surface area contributed by atoms with Crippen LogP contribution in [0.4, 0.5) is 0 Å². The summed E-state index contributed by atoms with van der Waals surface area (Å²) in [6.45, 7) is 3.18. The summed E-state index contributed by atoms with van der Waals surface area (Å²) in [5.74, 6) is 3.09. The zero-order valence-electron chi connectivity index (χ0n) is 15.8. The molecule has 2 nitrogen and oxygen atoms in total. The maximum absolute atomic E-state index is 11.2. The van der Waals surface area contributed by atoms with Crippen molar-refractivity contribution in [3.05, 3.63) is 71.8 Å². The lowest BCUT2D eigenvalue weighted by atomic mass is 10.1. The van der Waals surface area contributed by atoms with E-state index >= 15 is 0 Å².